The number of nitrogens with one attached hydrogen (secondary N) is 2. The summed E-state index contributed by atoms with van der Waals surface area (Å²) < 4.78 is 10.5. The molecule has 0 saturated heterocycles. The molecule has 0 bridgehead atoms. The third kappa shape index (κ3) is 3.96. The molecule has 0 aliphatic carbocycles. The van der Waals surface area contributed by atoms with Crippen molar-refractivity contribution in [3.05, 3.63) is 36.2 Å². The third-order valence-corrected chi connectivity index (χ3v) is 2.98. The highest BCUT2D eigenvalue weighted by atomic mass is 16.5. The van der Waals surface area contributed by atoms with E-state index in [2.05, 4.69) is 20.7 Å². The van der Waals surface area contributed by atoms with Crippen molar-refractivity contribution in [1.82, 2.24) is 9.97 Å². The lowest BCUT2D eigenvalue weighted by atomic mass is 10.1. The Morgan fingerprint density at radius 3 is 2.52 bits per heavy atom. The van der Waals surface area contributed by atoms with Crippen LogP contribution in [-0.4, -0.2) is 30.7 Å². The summed E-state index contributed by atoms with van der Waals surface area (Å²) in [5, 5.41) is 3.22. The molecule has 7 nitrogen and oxygen atoms in total. The highest BCUT2D eigenvalue weighted by Crippen LogP contribution is 2.27. The van der Waals surface area contributed by atoms with Crippen molar-refractivity contribution >= 4 is 11.6 Å². The third-order valence-electron chi connectivity index (χ3n) is 2.98. The molecule has 0 spiro atoms. The molecule has 21 heavy (non-hydrogen) atoms. The van der Waals surface area contributed by atoms with E-state index in [-0.39, 0.29) is 0 Å². The molecule has 7 heteroatoms. The summed E-state index contributed by atoms with van der Waals surface area (Å²) in [6.45, 7) is 0.733. The molecule has 0 aliphatic rings. The molecule has 1 aromatic heterocycles. The number of hydrogen-bond acceptors (Lipinski definition) is 7. The molecule has 2 aromatic rings. The SMILES string of the molecule is COc1ccc(CCNc2cc(NN)ncn2)cc1OC. The first-order valence-electron chi connectivity index (χ1n) is 6.50. The summed E-state index contributed by atoms with van der Waals surface area (Å²) in [5.74, 6) is 8.05. The minimum Gasteiger partial charge on any atom is -0.493 e. The van der Waals surface area contributed by atoms with Crippen LogP contribution in [0.4, 0.5) is 11.6 Å². The maximum atomic E-state index is 5.30. The zero-order valence-electron chi connectivity index (χ0n) is 12.1. The molecule has 0 atom stereocenters. The van der Waals surface area contributed by atoms with Crippen molar-refractivity contribution in [2.75, 3.05) is 31.5 Å². The van der Waals surface area contributed by atoms with Gasteiger partial charge in [0.25, 0.3) is 0 Å². The van der Waals surface area contributed by atoms with E-state index in [1.165, 1.54) is 6.33 Å². The first kappa shape index (κ1) is 14.9. The predicted octanol–water partition coefficient (Wildman–Crippen LogP) is 1.43. The first-order valence-corrected chi connectivity index (χ1v) is 6.50. The van der Waals surface area contributed by atoms with Crippen LogP contribution in [0.5, 0.6) is 11.5 Å². The smallest absolute Gasteiger partial charge is 0.160 e. The molecule has 0 unspecified atom stereocenters. The first-order chi connectivity index (χ1) is 10.3. The Balaban J connectivity index is 1.93. The number of hydrazine groups is 1. The van der Waals surface area contributed by atoms with Crippen molar-refractivity contribution in [1.29, 1.82) is 0 Å². The van der Waals surface area contributed by atoms with E-state index in [0.717, 1.165) is 35.8 Å². The molecule has 1 aromatic carbocycles. The molecule has 0 fully saturated rings. The molecule has 112 valence electrons. The van der Waals surface area contributed by atoms with Crippen molar-refractivity contribution in [2.24, 2.45) is 5.84 Å². The van der Waals surface area contributed by atoms with Gasteiger partial charge in [-0.2, -0.15) is 0 Å². The number of benzene rings is 1. The maximum Gasteiger partial charge on any atom is 0.160 e. The summed E-state index contributed by atoms with van der Waals surface area (Å²) in [6, 6.07) is 7.62. The van der Waals surface area contributed by atoms with Gasteiger partial charge in [0, 0.05) is 12.6 Å². The molecule has 4 N–H and O–H groups in total. The molecular weight excluding hydrogens is 270 g/mol. The van der Waals surface area contributed by atoms with Crippen LogP contribution in [-0.2, 0) is 6.42 Å². The van der Waals surface area contributed by atoms with Gasteiger partial charge in [-0.3, -0.25) is 0 Å². The zero-order chi connectivity index (χ0) is 15.1. The van der Waals surface area contributed by atoms with E-state index in [0.29, 0.717) is 5.82 Å². The lowest BCUT2D eigenvalue weighted by Crippen LogP contribution is -2.11. The molecule has 0 radical (unpaired) electrons. The highest BCUT2D eigenvalue weighted by Gasteiger charge is 2.04. The normalized spacial score (nSPS) is 10.0. The largest absolute Gasteiger partial charge is 0.493 e. The molecule has 1 heterocycles. The number of nitrogens with zero attached hydrogens (tertiary/aromatic N) is 2. The minimum atomic E-state index is 0.568. The van der Waals surface area contributed by atoms with E-state index < -0.39 is 0 Å². The zero-order valence-corrected chi connectivity index (χ0v) is 12.1. The van der Waals surface area contributed by atoms with E-state index >= 15 is 0 Å². The molecule has 0 aliphatic heterocycles. The van der Waals surface area contributed by atoms with Crippen molar-refractivity contribution in [2.45, 2.75) is 6.42 Å². The number of nitrogens with two attached hydrogens (primary N) is 1. The fourth-order valence-corrected chi connectivity index (χ4v) is 1.90. The van der Waals surface area contributed by atoms with Gasteiger partial charge >= 0.3 is 0 Å². The predicted molar refractivity (Wildman–Crippen MR) is 81.6 cm³/mol. The number of ether oxygens (including phenoxy) is 2. The second-order valence-electron chi connectivity index (χ2n) is 4.30. The van der Waals surface area contributed by atoms with Gasteiger partial charge in [-0.05, 0) is 24.1 Å². The summed E-state index contributed by atoms with van der Waals surface area (Å²) in [6.07, 6.45) is 2.28. The Hall–Kier alpha value is -2.54. The van der Waals surface area contributed by atoms with Crippen molar-refractivity contribution < 1.29 is 9.47 Å². The standard InChI is InChI=1S/C14H19N5O2/c1-20-11-4-3-10(7-12(11)21-2)5-6-16-13-8-14(19-15)18-9-17-13/h3-4,7-9H,5-6,15H2,1-2H3,(H2,16,17,18,19). The topological polar surface area (TPSA) is 94.3 Å². The van der Waals surface area contributed by atoms with Gasteiger partial charge in [0.15, 0.2) is 11.5 Å². The number of rotatable bonds is 7. The Morgan fingerprint density at radius 2 is 1.81 bits per heavy atom. The highest BCUT2D eigenvalue weighted by molar-refractivity contribution is 5.46. The van der Waals surface area contributed by atoms with Gasteiger partial charge in [0.05, 0.1) is 14.2 Å². The van der Waals surface area contributed by atoms with Gasteiger partial charge in [0.1, 0.15) is 18.0 Å². The Labute approximate surface area is 123 Å². The average Bonchev–Trinajstić information content (AvgIpc) is 2.55. The van der Waals surface area contributed by atoms with Crippen LogP contribution in [0, 0.1) is 0 Å². The lowest BCUT2D eigenvalue weighted by Gasteiger charge is -2.10. The van der Waals surface area contributed by atoms with Crippen LogP contribution in [0.1, 0.15) is 5.56 Å². The lowest BCUT2D eigenvalue weighted by molar-refractivity contribution is 0.354. The second-order valence-corrected chi connectivity index (χ2v) is 4.30. The number of nitrogen functional groups attached to an aromatic ring is 1. The van der Waals surface area contributed by atoms with Crippen LogP contribution < -0.4 is 26.1 Å². The molecule has 0 saturated carbocycles. The van der Waals surface area contributed by atoms with E-state index in [9.17, 15) is 0 Å². The number of hydrogen-bond donors (Lipinski definition) is 3. The number of methoxy groups -OCH3 is 2. The Morgan fingerprint density at radius 1 is 1.05 bits per heavy atom. The van der Waals surface area contributed by atoms with Crippen LogP contribution in [0.3, 0.4) is 0 Å². The minimum absolute atomic E-state index is 0.568. The van der Waals surface area contributed by atoms with Crippen molar-refractivity contribution in [3.63, 3.8) is 0 Å². The Bertz CT molecular complexity index is 591. The summed E-state index contributed by atoms with van der Waals surface area (Å²) in [4.78, 5) is 8.07. The van der Waals surface area contributed by atoms with Crippen LogP contribution in [0.15, 0.2) is 30.6 Å². The van der Waals surface area contributed by atoms with Gasteiger partial charge in [-0.1, -0.05) is 6.07 Å². The quantitative estimate of drug-likeness (QED) is 0.524. The number of aromatic nitrogens is 2. The molecular formula is C14H19N5O2. The van der Waals surface area contributed by atoms with E-state index in [4.69, 9.17) is 15.3 Å². The fourth-order valence-electron chi connectivity index (χ4n) is 1.90. The second kappa shape index (κ2) is 7.30. The van der Waals surface area contributed by atoms with Gasteiger partial charge in [-0.25, -0.2) is 15.8 Å². The van der Waals surface area contributed by atoms with Crippen LogP contribution >= 0.6 is 0 Å². The van der Waals surface area contributed by atoms with Crippen LogP contribution in [0.2, 0.25) is 0 Å². The van der Waals surface area contributed by atoms with Crippen molar-refractivity contribution in [3.8, 4) is 11.5 Å². The summed E-state index contributed by atoms with van der Waals surface area (Å²) in [7, 11) is 3.25. The van der Waals surface area contributed by atoms with Gasteiger partial charge in [-0.15, -0.1) is 0 Å². The Kier molecular flexibility index (Phi) is 5.16. The van der Waals surface area contributed by atoms with Crippen LogP contribution in [0.25, 0.3) is 0 Å². The average molecular weight is 289 g/mol. The van der Waals surface area contributed by atoms with Gasteiger partial charge < -0.3 is 20.2 Å². The monoisotopic (exact) mass is 289 g/mol. The summed E-state index contributed by atoms with van der Waals surface area (Å²) in [5.41, 5.74) is 3.63. The van der Waals surface area contributed by atoms with E-state index in [1.807, 2.05) is 18.2 Å². The van der Waals surface area contributed by atoms with E-state index in [1.54, 1.807) is 20.3 Å². The molecule has 0 amide bonds. The summed E-state index contributed by atoms with van der Waals surface area (Å²) >= 11 is 0. The fraction of sp³-hybridized carbons (Fsp3) is 0.286. The maximum absolute atomic E-state index is 5.30. The number of anilines is 2. The molecule has 2 rings (SSSR count). The van der Waals surface area contributed by atoms with Gasteiger partial charge in [0.2, 0.25) is 0 Å².